The molecule has 1 rings (SSSR count). The van der Waals surface area contributed by atoms with Crippen molar-refractivity contribution in [3.63, 3.8) is 0 Å². The second kappa shape index (κ2) is 4.61. The zero-order valence-electron chi connectivity index (χ0n) is 9.14. The quantitative estimate of drug-likeness (QED) is 0.654. The Kier molecular flexibility index (Phi) is 3.68. The summed E-state index contributed by atoms with van der Waals surface area (Å²) in [5.41, 5.74) is 5.12. The Hall–Kier alpha value is -1.10. The molecular weight excluding hydrogens is 196 g/mol. The molecule has 1 fully saturated rings. The van der Waals surface area contributed by atoms with Crippen LogP contribution in [0.1, 0.15) is 26.7 Å². The molecule has 1 saturated carbocycles. The molecule has 0 aromatic heterocycles. The molecule has 0 spiro atoms. The summed E-state index contributed by atoms with van der Waals surface area (Å²) >= 11 is 0. The molecule has 0 heterocycles. The Morgan fingerprint density at radius 2 is 2.00 bits per heavy atom. The summed E-state index contributed by atoms with van der Waals surface area (Å²) in [4.78, 5) is 23.7. The lowest BCUT2D eigenvalue weighted by Gasteiger charge is -2.31. The molecule has 0 saturated heterocycles. The zero-order chi connectivity index (χ0) is 11.6. The zero-order valence-corrected chi connectivity index (χ0v) is 9.14. The van der Waals surface area contributed by atoms with Gasteiger partial charge in [0.1, 0.15) is 6.04 Å². The highest BCUT2D eigenvalue weighted by molar-refractivity contribution is 5.79. The maximum atomic E-state index is 11.1. The third kappa shape index (κ3) is 3.20. The standard InChI is InChI=1S/C10H18N2O3/c1-6(2)12(5-8(11)13)9(10(14)15)7-3-4-7/h6-7,9H,3-5H2,1-2H3,(H2,11,13)(H,14,15). The van der Waals surface area contributed by atoms with E-state index in [1.54, 1.807) is 4.90 Å². The van der Waals surface area contributed by atoms with E-state index in [9.17, 15) is 9.59 Å². The molecular formula is C10H18N2O3. The lowest BCUT2D eigenvalue weighted by molar-refractivity contribution is -0.145. The highest BCUT2D eigenvalue weighted by atomic mass is 16.4. The van der Waals surface area contributed by atoms with Crippen LogP contribution in [-0.4, -0.2) is 40.5 Å². The van der Waals surface area contributed by atoms with Gasteiger partial charge in [-0.05, 0) is 32.6 Å². The van der Waals surface area contributed by atoms with Crippen molar-refractivity contribution >= 4 is 11.9 Å². The van der Waals surface area contributed by atoms with Crippen LogP contribution >= 0.6 is 0 Å². The highest BCUT2D eigenvalue weighted by Gasteiger charge is 2.41. The van der Waals surface area contributed by atoms with Crippen LogP contribution in [0.4, 0.5) is 0 Å². The average molecular weight is 214 g/mol. The first-order chi connectivity index (χ1) is 6.93. The number of rotatable bonds is 6. The van der Waals surface area contributed by atoms with Crippen LogP contribution in [0.5, 0.6) is 0 Å². The van der Waals surface area contributed by atoms with E-state index < -0.39 is 17.9 Å². The molecule has 15 heavy (non-hydrogen) atoms. The molecule has 0 bridgehead atoms. The van der Waals surface area contributed by atoms with Crippen LogP contribution < -0.4 is 5.73 Å². The second-order valence-electron chi connectivity index (χ2n) is 4.35. The minimum Gasteiger partial charge on any atom is -0.480 e. The first-order valence-electron chi connectivity index (χ1n) is 5.20. The predicted octanol–water partition coefficient (Wildman–Crippen LogP) is 0.0453. The van der Waals surface area contributed by atoms with Gasteiger partial charge in [-0.25, -0.2) is 0 Å². The molecule has 1 unspecified atom stereocenters. The number of hydrogen-bond donors (Lipinski definition) is 2. The van der Waals surface area contributed by atoms with Gasteiger partial charge in [-0.3, -0.25) is 14.5 Å². The van der Waals surface area contributed by atoms with Gasteiger partial charge in [-0.15, -0.1) is 0 Å². The molecule has 1 aliphatic carbocycles. The van der Waals surface area contributed by atoms with Gasteiger partial charge in [-0.1, -0.05) is 0 Å². The van der Waals surface area contributed by atoms with Gasteiger partial charge in [0.05, 0.1) is 6.54 Å². The van der Waals surface area contributed by atoms with Crippen LogP contribution in [0.3, 0.4) is 0 Å². The first-order valence-corrected chi connectivity index (χ1v) is 5.20. The van der Waals surface area contributed by atoms with E-state index in [1.165, 1.54) is 0 Å². The van der Waals surface area contributed by atoms with Gasteiger partial charge in [0.15, 0.2) is 0 Å². The lowest BCUT2D eigenvalue weighted by atomic mass is 10.1. The van der Waals surface area contributed by atoms with Gasteiger partial charge < -0.3 is 10.8 Å². The number of carbonyl (C=O) groups is 2. The topological polar surface area (TPSA) is 83.6 Å². The number of carbonyl (C=O) groups excluding carboxylic acids is 1. The summed E-state index contributed by atoms with van der Waals surface area (Å²) in [6.07, 6.45) is 1.86. The number of nitrogens with zero attached hydrogens (tertiary/aromatic N) is 1. The number of carboxylic acid groups (broad SMARTS) is 1. The van der Waals surface area contributed by atoms with Crippen LogP contribution in [0.25, 0.3) is 0 Å². The maximum absolute atomic E-state index is 11.1. The summed E-state index contributed by atoms with van der Waals surface area (Å²) in [5, 5.41) is 9.12. The van der Waals surface area contributed by atoms with E-state index in [-0.39, 0.29) is 18.5 Å². The molecule has 0 aliphatic heterocycles. The number of amides is 1. The molecule has 1 atom stereocenters. The number of nitrogens with two attached hydrogens (primary N) is 1. The fraction of sp³-hybridized carbons (Fsp3) is 0.800. The number of hydrogen-bond acceptors (Lipinski definition) is 3. The monoisotopic (exact) mass is 214 g/mol. The largest absolute Gasteiger partial charge is 0.480 e. The summed E-state index contributed by atoms with van der Waals surface area (Å²) in [6.45, 7) is 3.77. The van der Waals surface area contributed by atoms with Crippen molar-refractivity contribution in [3.05, 3.63) is 0 Å². The van der Waals surface area contributed by atoms with Gasteiger partial charge in [-0.2, -0.15) is 0 Å². The number of carboxylic acids is 1. The van der Waals surface area contributed by atoms with E-state index in [0.717, 1.165) is 12.8 Å². The molecule has 5 nitrogen and oxygen atoms in total. The van der Waals surface area contributed by atoms with Gasteiger partial charge in [0.25, 0.3) is 0 Å². The minimum atomic E-state index is -0.854. The SMILES string of the molecule is CC(C)N(CC(N)=O)C(C(=O)O)C1CC1. The molecule has 86 valence electrons. The van der Waals surface area contributed by atoms with Crippen LogP contribution in [0.2, 0.25) is 0 Å². The van der Waals surface area contributed by atoms with E-state index >= 15 is 0 Å². The fourth-order valence-corrected chi connectivity index (χ4v) is 1.81. The molecule has 5 heteroatoms. The number of primary amides is 1. The smallest absolute Gasteiger partial charge is 0.321 e. The first kappa shape index (κ1) is 12.0. The van der Waals surface area contributed by atoms with E-state index in [0.29, 0.717) is 0 Å². The molecule has 0 aromatic rings. The summed E-state index contributed by atoms with van der Waals surface area (Å²) < 4.78 is 0. The third-order valence-electron chi connectivity index (χ3n) is 2.68. The van der Waals surface area contributed by atoms with Crippen LogP contribution in [0, 0.1) is 5.92 Å². The molecule has 3 N–H and O–H groups in total. The lowest BCUT2D eigenvalue weighted by Crippen LogP contribution is -2.50. The third-order valence-corrected chi connectivity index (χ3v) is 2.68. The normalized spacial score (nSPS) is 18.1. The average Bonchev–Trinajstić information content (AvgIpc) is 2.85. The van der Waals surface area contributed by atoms with E-state index in [1.807, 2.05) is 13.8 Å². The van der Waals surface area contributed by atoms with Gasteiger partial charge in [0, 0.05) is 6.04 Å². The summed E-state index contributed by atoms with van der Waals surface area (Å²) in [5.74, 6) is -1.15. The molecule has 1 aliphatic rings. The molecule has 0 radical (unpaired) electrons. The van der Waals surface area contributed by atoms with Crippen LogP contribution in [0.15, 0.2) is 0 Å². The molecule has 0 aromatic carbocycles. The summed E-state index contributed by atoms with van der Waals surface area (Å²) in [6, 6.07) is -0.545. The summed E-state index contributed by atoms with van der Waals surface area (Å²) in [7, 11) is 0. The Morgan fingerprint density at radius 3 is 2.27 bits per heavy atom. The predicted molar refractivity (Wildman–Crippen MR) is 55.2 cm³/mol. The Balaban J connectivity index is 2.74. The number of aliphatic carboxylic acids is 1. The van der Waals surface area contributed by atoms with Crippen molar-refractivity contribution < 1.29 is 14.7 Å². The van der Waals surface area contributed by atoms with Crippen molar-refractivity contribution in [1.82, 2.24) is 4.90 Å². The second-order valence-corrected chi connectivity index (χ2v) is 4.35. The highest BCUT2D eigenvalue weighted by Crippen LogP contribution is 2.36. The maximum Gasteiger partial charge on any atom is 0.321 e. The fourth-order valence-electron chi connectivity index (χ4n) is 1.81. The van der Waals surface area contributed by atoms with Crippen LogP contribution in [-0.2, 0) is 9.59 Å². The minimum absolute atomic E-state index is 0.0131. The van der Waals surface area contributed by atoms with Crippen molar-refractivity contribution in [2.24, 2.45) is 11.7 Å². The van der Waals surface area contributed by atoms with Crippen molar-refractivity contribution in [3.8, 4) is 0 Å². The van der Waals surface area contributed by atoms with Crippen molar-refractivity contribution in [1.29, 1.82) is 0 Å². The van der Waals surface area contributed by atoms with Gasteiger partial charge >= 0.3 is 5.97 Å². The molecule has 1 amide bonds. The van der Waals surface area contributed by atoms with Crippen molar-refractivity contribution in [2.45, 2.75) is 38.8 Å². The van der Waals surface area contributed by atoms with E-state index in [4.69, 9.17) is 10.8 Å². The van der Waals surface area contributed by atoms with Gasteiger partial charge in [0.2, 0.25) is 5.91 Å². The Labute approximate surface area is 89.2 Å². The Morgan fingerprint density at radius 1 is 1.47 bits per heavy atom. The van der Waals surface area contributed by atoms with E-state index in [2.05, 4.69) is 0 Å². The Bertz CT molecular complexity index is 261. The van der Waals surface area contributed by atoms with Crippen molar-refractivity contribution in [2.75, 3.05) is 6.54 Å².